The van der Waals surface area contributed by atoms with Gasteiger partial charge in [0.25, 0.3) is 0 Å². The Kier molecular flexibility index (Phi) is 4.99. The monoisotopic (exact) mass is 282 g/mol. The largest absolute Gasteiger partial charge is 0.448 e. The van der Waals surface area contributed by atoms with Gasteiger partial charge < -0.3 is 9.73 Å². The number of hydrogen-bond donors (Lipinski definition) is 1. The molecule has 5 nitrogen and oxygen atoms in total. The molecule has 0 aliphatic carbocycles. The van der Waals surface area contributed by atoms with Crippen molar-refractivity contribution in [3.05, 3.63) is 35.0 Å². The molecule has 1 N–H and O–H groups in total. The molecule has 0 saturated carbocycles. The molecule has 0 aliphatic rings. The standard InChI is InChI=1S/C13H19ClN4O/c1-3-7-15-13(11-5-6-12(14)19-11)10-9-16-17-18(10)8-4-2/h5-6,9,13,15H,3-4,7-8H2,1-2H3. The van der Waals surface area contributed by atoms with Gasteiger partial charge in [0, 0.05) is 6.54 Å². The van der Waals surface area contributed by atoms with E-state index in [0.717, 1.165) is 37.4 Å². The number of aryl methyl sites for hydroxylation is 1. The summed E-state index contributed by atoms with van der Waals surface area (Å²) in [5.41, 5.74) is 1.00. The van der Waals surface area contributed by atoms with Crippen LogP contribution in [0, 0.1) is 0 Å². The highest BCUT2D eigenvalue weighted by Crippen LogP contribution is 2.25. The summed E-state index contributed by atoms with van der Waals surface area (Å²) >= 11 is 5.87. The Bertz CT molecular complexity index is 508. The molecule has 0 bridgehead atoms. The molecule has 0 fully saturated rings. The number of furan rings is 1. The van der Waals surface area contributed by atoms with E-state index in [2.05, 4.69) is 29.5 Å². The second kappa shape index (κ2) is 6.73. The van der Waals surface area contributed by atoms with Crippen LogP contribution in [0.1, 0.15) is 44.2 Å². The molecule has 0 amide bonds. The predicted molar refractivity (Wildman–Crippen MR) is 74.2 cm³/mol. The summed E-state index contributed by atoms with van der Waals surface area (Å²) in [7, 11) is 0. The van der Waals surface area contributed by atoms with Gasteiger partial charge in [0.15, 0.2) is 5.22 Å². The Morgan fingerprint density at radius 1 is 1.37 bits per heavy atom. The van der Waals surface area contributed by atoms with E-state index in [4.69, 9.17) is 16.0 Å². The summed E-state index contributed by atoms with van der Waals surface area (Å²) in [5, 5.41) is 12.0. The lowest BCUT2D eigenvalue weighted by molar-refractivity contribution is 0.423. The van der Waals surface area contributed by atoms with Gasteiger partial charge in [-0.3, -0.25) is 0 Å². The van der Waals surface area contributed by atoms with Crippen LogP contribution in [0.5, 0.6) is 0 Å². The Morgan fingerprint density at radius 2 is 2.21 bits per heavy atom. The Morgan fingerprint density at radius 3 is 2.84 bits per heavy atom. The minimum absolute atomic E-state index is 0.0611. The first-order valence-corrected chi connectivity index (χ1v) is 7.01. The van der Waals surface area contributed by atoms with Gasteiger partial charge in [0.2, 0.25) is 0 Å². The summed E-state index contributed by atoms with van der Waals surface area (Å²) in [6.45, 7) is 5.97. The number of halogens is 1. The molecule has 2 rings (SSSR count). The van der Waals surface area contributed by atoms with Gasteiger partial charge in [-0.2, -0.15) is 0 Å². The Balaban J connectivity index is 2.28. The fraction of sp³-hybridized carbons (Fsp3) is 0.538. The molecule has 6 heteroatoms. The van der Waals surface area contributed by atoms with E-state index in [9.17, 15) is 0 Å². The number of aromatic nitrogens is 3. The molecule has 1 atom stereocenters. The molecular formula is C13H19ClN4O. The smallest absolute Gasteiger partial charge is 0.193 e. The van der Waals surface area contributed by atoms with E-state index < -0.39 is 0 Å². The molecule has 2 aromatic rings. The topological polar surface area (TPSA) is 55.9 Å². The average Bonchev–Trinajstić information content (AvgIpc) is 3.01. The first-order chi connectivity index (χ1) is 9.26. The summed E-state index contributed by atoms with van der Waals surface area (Å²) in [6, 6.07) is 3.58. The summed E-state index contributed by atoms with van der Waals surface area (Å²) in [6.07, 6.45) is 3.83. The molecule has 1 unspecified atom stereocenters. The third kappa shape index (κ3) is 3.36. The van der Waals surface area contributed by atoms with Crippen LogP contribution in [-0.2, 0) is 6.54 Å². The van der Waals surface area contributed by atoms with Gasteiger partial charge in [0.05, 0.1) is 11.9 Å². The first kappa shape index (κ1) is 14.1. The zero-order valence-electron chi connectivity index (χ0n) is 11.3. The van der Waals surface area contributed by atoms with Crippen molar-refractivity contribution in [2.75, 3.05) is 6.54 Å². The fourth-order valence-corrected chi connectivity index (χ4v) is 2.15. The zero-order valence-corrected chi connectivity index (χ0v) is 12.0. The lowest BCUT2D eigenvalue weighted by Gasteiger charge is -2.17. The van der Waals surface area contributed by atoms with E-state index in [1.807, 2.05) is 10.7 Å². The highest BCUT2D eigenvalue weighted by molar-refractivity contribution is 6.28. The van der Waals surface area contributed by atoms with Crippen molar-refractivity contribution in [1.29, 1.82) is 0 Å². The molecule has 0 aromatic carbocycles. The molecular weight excluding hydrogens is 264 g/mol. The maximum Gasteiger partial charge on any atom is 0.193 e. The van der Waals surface area contributed by atoms with Gasteiger partial charge >= 0.3 is 0 Å². The third-order valence-electron chi connectivity index (χ3n) is 2.86. The summed E-state index contributed by atoms with van der Waals surface area (Å²) in [4.78, 5) is 0. The van der Waals surface area contributed by atoms with Crippen molar-refractivity contribution in [1.82, 2.24) is 20.3 Å². The molecule has 19 heavy (non-hydrogen) atoms. The first-order valence-electron chi connectivity index (χ1n) is 6.63. The SMILES string of the molecule is CCCNC(c1ccc(Cl)o1)c1cnnn1CCC. The lowest BCUT2D eigenvalue weighted by atomic mass is 10.1. The van der Waals surface area contributed by atoms with E-state index >= 15 is 0 Å². The molecule has 0 saturated heterocycles. The fourth-order valence-electron chi connectivity index (χ4n) is 2.00. The predicted octanol–water partition coefficient (Wildman–Crippen LogP) is 3.02. The van der Waals surface area contributed by atoms with Crippen molar-refractivity contribution in [3.63, 3.8) is 0 Å². The van der Waals surface area contributed by atoms with Gasteiger partial charge in [-0.1, -0.05) is 19.1 Å². The van der Waals surface area contributed by atoms with Crippen LogP contribution in [0.2, 0.25) is 5.22 Å². The van der Waals surface area contributed by atoms with E-state index in [1.54, 1.807) is 12.3 Å². The van der Waals surface area contributed by atoms with Gasteiger partial charge in [-0.15, -0.1) is 5.10 Å². The molecule has 2 heterocycles. The average molecular weight is 283 g/mol. The van der Waals surface area contributed by atoms with Gasteiger partial charge in [0.1, 0.15) is 11.8 Å². The Labute approximate surface area is 117 Å². The molecule has 0 aliphatic heterocycles. The van der Waals surface area contributed by atoms with Crippen molar-refractivity contribution in [3.8, 4) is 0 Å². The van der Waals surface area contributed by atoms with Crippen molar-refractivity contribution >= 4 is 11.6 Å². The molecule has 2 aromatic heterocycles. The maximum atomic E-state index is 5.87. The summed E-state index contributed by atoms with van der Waals surface area (Å²) < 4.78 is 7.44. The van der Waals surface area contributed by atoms with E-state index in [0.29, 0.717) is 5.22 Å². The van der Waals surface area contributed by atoms with E-state index in [-0.39, 0.29) is 6.04 Å². The number of hydrogen-bond acceptors (Lipinski definition) is 4. The minimum atomic E-state index is -0.0611. The number of nitrogens with zero attached hydrogens (tertiary/aromatic N) is 3. The number of rotatable bonds is 7. The van der Waals surface area contributed by atoms with Crippen LogP contribution in [0.4, 0.5) is 0 Å². The second-order valence-electron chi connectivity index (χ2n) is 4.41. The zero-order chi connectivity index (χ0) is 13.7. The highest BCUT2D eigenvalue weighted by Gasteiger charge is 2.21. The van der Waals surface area contributed by atoms with Crippen molar-refractivity contribution in [2.24, 2.45) is 0 Å². The maximum absolute atomic E-state index is 5.87. The highest BCUT2D eigenvalue weighted by atomic mass is 35.5. The van der Waals surface area contributed by atoms with Gasteiger partial charge in [-0.05, 0) is 43.1 Å². The van der Waals surface area contributed by atoms with Crippen molar-refractivity contribution in [2.45, 2.75) is 39.3 Å². The molecule has 0 spiro atoms. The van der Waals surface area contributed by atoms with Crippen LogP contribution < -0.4 is 5.32 Å². The minimum Gasteiger partial charge on any atom is -0.448 e. The third-order valence-corrected chi connectivity index (χ3v) is 3.06. The quantitative estimate of drug-likeness (QED) is 0.848. The lowest BCUT2D eigenvalue weighted by Crippen LogP contribution is -2.25. The Hall–Kier alpha value is -1.33. The van der Waals surface area contributed by atoms with Crippen LogP contribution in [0.3, 0.4) is 0 Å². The van der Waals surface area contributed by atoms with Crippen LogP contribution in [-0.4, -0.2) is 21.5 Å². The van der Waals surface area contributed by atoms with Crippen LogP contribution >= 0.6 is 11.6 Å². The molecule has 0 radical (unpaired) electrons. The van der Waals surface area contributed by atoms with E-state index in [1.165, 1.54) is 0 Å². The normalized spacial score (nSPS) is 12.8. The second-order valence-corrected chi connectivity index (χ2v) is 4.78. The van der Waals surface area contributed by atoms with Crippen LogP contribution in [0.15, 0.2) is 22.7 Å². The van der Waals surface area contributed by atoms with Crippen LogP contribution in [0.25, 0.3) is 0 Å². The van der Waals surface area contributed by atoms with Crippen molar-refractivity contribution < 1.29 is 4.42 Å². The summed E-state index contributed by atoms with van der Waals surface area (Å²) in [5.74, 6) is 0.790. The number of nitrogens with one attached hydrogen (secondary N) is 1. The molecule has 104 valence electrons. The van der Waals surface area contributed by atoms with Gasteiger partial charge in [-0.25, -0.2) is 4.68 Å².